The fourth-order valence-electron chi connectivity index (χ4n) is 0.745. The Bertz CT molecular complexity index is 133. The first-order chi connectivity index (χ1) is 3.80. The zero-order chi connectivity index (χ0) is 5.98. The average Bonchev–Trinajstić information content (AvgIpc) is 1.77. The van der Waals surface area contributed by atoms with Crippen LogP contribution in [0.15, 0.2) is 17.1 Å². The van der Waals surface area contributed by atoms with Gasteiger partial charge in [0.2, 0.25) is 0 Å². The number of nitrogens with zero attached hydrogens (tertiary/aromatic N) is 1. The van der Waals surface area contributed by atoms with E-state index in [2.05, 4.69) is 31.0 Å². The summed E-state index contributed by atoms with van der Waals surface area (Å²) in [6, 6.07) is 0. The van der Waals surface area contributed by atoms with Crippen molar-refractivity contribution < 1.29 is 0 Å². The second-order valence-corrected chi connectivity index (χ2v) is 2.20. The lowest BCUT2D eigenvalue weighted by Gasteiger charge is -2.08. The van der Waals surface area contributed by atoms with Gasteiger partial charge in [0, 0.05) is 11.6 Å². The van der Waals surface area contributed by atoms with E-state index in [1.807, 2.05) is 0 Å². The normalized spacial score (nSPS) is 27.8. The minimum atomic E-state index is 0.573. The summed E-state index contributed by atoms with van der Waals surface area (Å²) in [5.74, 6) is 0.573. The smallest absolute Gasteiger partial charge is 0.0570 e. The third-order valence-electron chi connectivity index (χ3n) is 1.53. The fraction of sp³-hybridized carbons (Fsp3) is 0.571. The third-order valence-corrected chi connectivity index (χ3v) is 1.53. The predicted octanol–water partition coefficient (Wildman–Crippen LogP) is 1.65. The molecular formula is C7H11N. The molecule has 8 heavy (non-hydrogen) atoms. The summed E-state index contributed by atoms with van der Waals surface area (Å²) < 4.78 is 0. The van der Waals surface area contributed by atoms with Crippen LogP contribution in [0.4, 0.5) is 0 Å². The summed E-state index contributed by atoms with van der Waals surface area (Å²) in [6.45, 7) is 5.12. The Balaban J connectivity index is 2.63. The maximum Gasteiger partial charge on any atom is 0.0570 e. The molecule has 1 heterocycles. The van der Waals surface area contributed by atoms with Gasteiger partial charge >= 0.3 is 0 Å². The average molecular weight is 109 g/mol. The fourth-order valence-corrected chi connectivity index (χ4v) is 0.745. The summed E-state index contributed by atoms with van der Waals surface area (Å²) in [7, 11) is 0. The molecule has 1 rings (SSSR count). The van der Waals surface area contributed by atoms with Crippen LogP contribution >= 0.6 is 0 Å². The molecule has 0 aliphatic carbocycles. The molecule has 1 atom stereocenters. The van der Waals surface area contributed by atoms with E-state index in [9.17, 15) is 0 Å². The third kappa shape index (κ3) is 0.971. The molecule has 0 bridgehead atoms. The topological polar surface area (TPSA) is 12.4 Å². The van der Waals surface area contributed by atoms with E-state index in [0.29, 0.717) is 5.92 Å². The highest BCUT2D eigenvalue weighted by molar-refractivity contribution is 5.86. The van der Waals surface area contributed by atoms with E-state index in [4.69, 9.17) is 0 Å². The van der Waals surface area contributed by atoms with Crippen LogP contribution < -0.4 is 0 Å². The molecule has 0 aromatic heterocycles. The van der Waals surface area contributed by atoms with Crippen molar-refractivity contribution in [2.75, 3.05) is 6.54 Å². The molecule has 1 nitrogen and oxygen atoms in total. The van der Waals surface area contributed by atoms with Crippen LogP contribution in [-0.2, 0) is 0 Å². The summed E-state index contributed by atoms with van der Waals surface area (Å²) in [6.07, 6.45) is 4.31. The highest BCUT2D eigenvalue weighted by atomic mass is 14.7. The van der Waals surface area contributed by atoms with Gasteiger partial charge in [-0.05, 0) is 6.92 Å². The van der Waals surface area contributed by atoms with Crippen molar-refractivity contribution in [3.8, 4) is 0 Å². The lowest BCUT2D eigenvalue weighted by atomic mass is 10.1. The Morgan fingerprint density at radius 3 is 2.88 bits per heavy atom. The molecule has 1 aliphatic heterocycles. The van der Waals surface area contributed by atoms with Crippen LogP contribution in [-0.4, -0.2) is 12.3 Å². The van der Waals surface area contributed by atoms with Gasteiger partial charge in [-0.15, -0.1) is 0 Å². The van der Waals surface area contributed by atoms with Crippen molar-refractivity contribution in [2.45, 2.75) is 13.8 Å². The largest absolute Gasteiger partial charge is 0.290 e. The van der Waals surface area contributed by atoms with E-state index in [1.165, 1.54) is 5.71 Å². The molecule has 0 saturated heterocycles. The van der Waals surface area contributed by atoms with Gasteiger partial charge in [-0.2, -0.15) is 0 Å². The highest BCUT2D eigenvalue weighted by Crippen LogP contribution is 2.04. The van der Waals surface area contributed by atoms with E-state index < -0.39 is 0 Å². The van der Waals surface area contributed by atoms with Crippen molar-refractivity contribution in [1.29, 1.82) is 0 Å². The van der Waals surface area contributed by atoms with Crippen LogP contribution in [0.2, 0.25) is 0 Å². The lowest BCUT2D eigenvalue weighted by molar-refractivity contribution is 0.940. The van der Waals surface area contributed by atoms with Crippen molar-refractivity contribution in [2.24, 2.45) is 10.9 Å². The molecule has 0 aromatic rings. The molecule has 0 spiro atoms. The van der Waals surface area contributed by atoms with Crippen molar-refractivity contribution in [3.63, 3.8) is 0 Å². The molecular weight excluding hydrogens is 98.1 g/mol. The minimum absolute atomic E-state index is 0.573. The maximum atomic E-state index is 4.24. The first kappa shape index (κ1) is 5.54. The van der Waals surface area contributed by atoms with Gasteiger partial charge in [0.1, 0.15) is 0 Å². The number of aliphatic imine (C=N–C) groups is 1. The minimum Gasteiger partial charge on any atom is -0.290 e. The number of hydrogen-bond donors (Lipinski definition) is 0. The van der Waals surface area contributed by atoms with Crippen LogP contribution in [0.5, 0.6) is 0 Å². The van der Waals surface area contributed by atoms with Gasteiger partial charge in [-0.3, -0.25) is 4.99 Å². The first-order valence-corrected chi connectivity index (χ1v) is 2.98. The lowest BCUT2D eigenvalue weighted by Crippen LogP contribution is -2.07. The molecule has 44 valence electrons. The standard InChI is InChI=1S/C7H11N/c1-6-4-3-5-8-7(6)2/h3-4,6H,5H2,1-2H3. The Morgan fingerprint density at radius 1 is 1.75 bits per heavy atom. The van der Waals surface area contributed by atoms with Gasteiger partial charge in [0.25, 0.3) is 0 Å². The van der Waals surface area contributed by atoms with Crippen molar-refractivity contribution in [3.05, 3.63) is 12.2 Å². The predicted molar refractivity (Wildman–Crippen MR) is 36.3 cm³/mol. The Morgan fingerprint density at radius 2 is 2.50 bits per heavy atom. The van der Waals surface area contributed by atoms with E-state index >= 15 is 0 Å². The number of hydrogen-bond acceptors (Lipinski definition) is 1. The summed E-state index contributed by atoms with van der Waals surface area (Å²) >= 11 is 0. The van der Waals surface area contributed by atoms with Crippen LogP contribution in [0, 0.1) is 5.92 Å². The molecule has 1 aliphatic rings. The molecule has 0 fully saturated rings. The van der Waals surface area contributed by atoms with Crippen molar-refractivity contribution in [1.82, 2.24) is 0 Å². The molecule has 0 N–H and O–H groups in total. The van der Waals surface area contributed by atoms with E-state index in [-0.39, 0.29) is 0 Å². The summed E-state index contributed by atoms with van der Waals surface area (Å²) in [5.41, 5.74) is 1.26. The van der Waals surface area contributed by atoms with Gasteiger partial charge in [-0.25, -0.2) is 0 Å². The van der Waals surface area contributed by atoms with Gasteiger partial charge in [0.05, 0.1) is 6.54 Å². The highest BCUT2D eigenvalue weighted by Gasteiger charge is 2.02. The van der Waals surface area contributed by atoms with Gasteiger partial charge in [0.15, 0.2) is 0 Å². The monoisotopic (exact) mass is 109 g/mol. The van der Waals surface area contributed by atoms with Crippen LogP contribution in [0.25, 0.3) is 0 Å². The SMILES string of the molecule is CC1=NCC=CC1C. The Labute approximate surface area is 50.1 Å². The van der Waals surface area contributed by atoms with E-state index in [0.717, 1.165) is 6.54 Å². The van der Waals surface area contributed by atoms with Gasteiger partial charge in [-0.1, -0.05) is 19.1 Å². The molecule has 1 heteroatoms. The van der Waals surface area contributed by atoms with Gasteiger partial charge < -0.3 is 0 Å². The molecule has 0 aromatic carbocycles. The molecule has 1 unspecified atom stereocenters. The second-order valence-electron chi connectivity index (χ2n) is 2.20. The Hall–Kier alpha value is -0.590. The zero-order valence-corrected chi connectivity index (χ0v) is 5.39. The van der Waals surface area contributed by atoms with Crippen molar-refractivity contribution >= 4 is 5.71 Å². The van der Waals surface area contributed by atoms with E-state index in [1.54, 1.807) is 0 Å². The quantitative estimate of drug-likeness (QED) is 0.419. The second kappa shape index (κ2) is 2.12. The zero-order valence-electron chi connectivity index (χ0n) is 5.39. The Kier molecular flexibility index (Phi) is 1.47. The van der Waals surface area contributed by atoms with Crippen LogP contribution in [0.3, 0.4) is 0 Å². The molecule has 0 amide bonds. The first-order valence-electron chi connectivity index (χ1n) is 2.98. The maximum absolute atomic E-state index is 4.24. The molecule has 0 saturated carbocycles. The summed E-state index contributed by atoms with van der Waals surface area (Å²) in [4.78, 5) is 4.24. The summed E-state index contributed by atoms with van der Waals surface area (Å²) in [5, 5.41) is 0. The van der Waals surface area contributed by atoms with Crippen LogP contribution in [0.1, 0.15) is 13.8 Å². The number of rotatable bonds is 0. The number of dihydropyridines is 1. The molecule has 0 radical (unpaired) electrons. The number of allylic oxidation sites excluding steroid dienone is 1.